The first-order chi connectivity index (χ1) is 12.9. The molecule has 138 valence electrons. The molecule has 0 bridgehead atoms. The molecule has 0 heterocycles. The Balaban J connectivity index is 1.93. The molecule has 0 unspecified atom stereocenters. The molecule has 0 atom stereocenters. The second-order valence-electron chi connectivity index (χ2n) is 5.82. The van der Waals surface area contributed by atoms with Crippen LogP contribution in [0.4, 0.5) is 11.4 Å². The minimum absolute atomic E-state index is 0.0392. The molecule has 3 aromatic carbocycles. The molecule has 0 fully saturated rings. The summed E-state index contributed by atoms with van der Waals surface area (Å²) in [6, 6.07) is 21.8. The van der Waals surface area contributed by atoms with Crippen LogP contribution >= 0.6 is 11.6 Å². The predicted octanol–water partition coefficient (Wildman–Crippen LogP) is 4.42. The maximum Gasteiger partial charge on any atom is 0.263 e. The fraction of sp³-hybridized carbons (Fsp3) is 0.0500. The van der Waals surface area contributed by atoms with E-state index in [1.54, 1.807) is 49.5 Å². The van der Waals surface area contributed by atoms with Gasteiger partial charge in [-0.15, -0.1) is 0 Å². The first-order valence-corrected chi connectivity index (χ1v) is 9.95. The smallest absolute Gasteiger partial charge is 0.263 e. The number of amides is 1. The molecule has 3 rings (SSSR count). The van der Waals surface area contributed by atoms with Crippen LogP contribution in [0.1, 0.15) is 10.4 Å². The Morgan fingerprint density at radius 3 is 2.15 bits per heavy atom. The quantitative estimate of drug-likeness (QED) is 0.689. The Hall–Kier alpha value is -2.83. The van der Waals surface area contributed by atoms with Gasteiger partial charge in [0, 0.05) is 24.0 Å². The number of anilines is 2. The molecule has 0 aliphatic carbocycles. The van der Waals surface area contributed by atoms with Crippen LogP contribution in [0.5, 0.6) is 0 Å². The molecule has 0 aliphatic rings. The maximum atomic E-state index is 12.8. The highest BCUT2D eigenvalue weighted by atomic mass is 35.5. The fourth-order valence-electron chi connectivity index (χ4n) is 2.52. The molecule has 27 heavy (non-hydrogen) atoms. The third-order valence-corrected chi connectivity index (χ3v) is 5.80. The van der Waals surface area contributed by atoms with Gasteiger partial charge in [0.1, 0.15) is 4.90 Å². The molecule has 7 heteroatoms. The van der Waals surface area contributed by atoms with Crippen molar-refractivity contribution >= 4 is 38.9 Å². The first-order valence-electron chi connectivity index (χ1n) is 8.09. The molecule has 5 nitrogen and oxygen atoms in total. The highest BCUT2D eigenvalue weighted by Gasteiger charge is 2.22. The number of carbonyl (C=O) groups excluding carboxylic acids is 1. The van der Waals surface area contributed by atoms with E-state index in [1.165, 1.54) is 23.1 Å². The fourth-order valence-corrected chi connectivity index (χ4v) is 4.11. The van der Waals surface area contributed by atoms with Gasteiger partial charge in [-0.1, -0.05) is 48.0 Å². The highest BCUT2D eigenvalue weighted by molar-refractivity contribution is 7.92. The van der Waals surface area contributed by atoms with Crippen molar-refractivity contribution in [2.24, 2.45) is 0 Å². The summed E-state index contributed by atoms with van der Waals surface area (Å²) in [5.41, 5.74) is 1.33. The largest absolute Gasteiger partial charge is 0.311 e. The van der Waals surface area contributed by atoms with E-state index in [-0.39, 0.29) is 21.4 Å². The molecule has 0 aromatic heterocycles. The average molecular weight is 401 g/mol. The number of halogens is 1. The molecular formula is C20H17ClN2O3S. The second-order valence-corrected chi connectivity index (χ2v) is 7.87. The van der Waals surface area contributed by atoms with Crippen LogP contribution in [0.2, 0.25) is 5.02 Å². The average Bonchev–Trinajstić information content (AvgIpc) is 2.68. The standard InChI is InChI=1S/C20H17ClN2O3S/c1-23(17-10-6-3-7-11-17)20(24)15-12-13-18(21)19(14-15)27(25,26)22-16-8-4-2-5-9-16/h2-14,22H,1H3. The Bertz CT molecular complexity index is 1060. The van der Waals surface area contributed by atoms with E-state index in [0.717, 1.165) is 0 Å². The van der Waals surface area contributed by atoms with Crippen LogP contribution in [0.25, 0.3) is 0 Å². The highest BCUT2D eigenvalue weighted by Crippen LogP contribution is 2.26. The summed E-state index contributed by atoms with van der Waals surface area (Å²) in [4.78, 5) is 14.1. The van der Waals surface area contributed by atoms with E-state index < -0.39 is 10.0 Å². The molecule has 0 aliphatic heterocycles. The summed E-state index contributed by atoms with van der Waals surface area (Å²) in [5, 5.41) is 0.0392. The lowest BCUT2D eigenvalue weighted by atomic mass is 10.2. The van der Waals surface area contributed by atoms with Gasteiger partial charge >= 0.3 is 0 Å². The predicted molar refractivity (Wildman–Crippen MR) is 108 cm³/mol. The number of hydrogen-bond donors (Lipinski definition) is 1. The number of hydrogen-bond acceptors (Lipinski definition) is 3. The van der Waals surface area contributed by atoms with Gasteiger partial charge < -0.3 is 4.90 Å². The van der Waals surface area contributed by atoms with Gasteiger partial charge in [0.25, 0.3) is 15.9 Å². The zero-order valence-electron chi connectivity index (χ0n) is 14.5. The zero-order chi connectivity index (χ0) is 19.4. The Morgan fingerprint density at radius 1 is 0.926 bits per heavy atom. The van der Waals surface area contributed by atoms with Crippen LogP contribution in [-0.2, 0) is 10.0 Å². The number of nitrogens with zero attached hydrogens (tertiary/aromatic N) is 1. The van der Waals surface area contributed by atoms with E-state index in [0.29, 0.717) is 11.4 Å². The van der Waals surface area contributed by atoms with Crippen molar-refractivity contribution in [3.63, 3.8) is 0 Å². The molecule has 0 spiro atoms. The van der Waals surface area contributed by atoms with Gasteiger partial charge in [-0.05, 0) is 42.5 Å². The van der Waals surface area contributed by atoms with Gasteiger partial charge in [0.05, 0.1) is 5.02 Å². The maximum absolute atomic E-state index is 12.8. The van der Waals surface area contributed by atoms with E-state index in [9.17, 15) is 13.2 Å². The Labute approximate surface area is 163 Å². The van der Waals surface area contributed by atoms with Crippen molar-refractivity contribution < 1.29 is 13.2 Å². The molecule has 3 aromatic rings. The number of sulfonamides is 1. The van der Waals surface area contributed by atoms with E-state index in [2.05, 4.69) is 4.72 Å². The summed E-state index contributed by atoms with van der Waals surface area (Å²) < 4.78 is 27.9. The topological polar surface area (TPSA) is 66.5 Å². The minimum Gasteiger partial charge on any atom is -0.311 e. The molecule has 0 saturated carbocycles. The van der Waals surface area contributed by atoms with E-state index in [4.69, 9.17) is 11.6 Å². The van der Waals surface area contributed by atoms with E-state index >= 15 is 0 Å². The Morgan fingerprint density at radius 2 is 1.52 bits per heavy atom. The first kappa shape index (κ1) is 18.9. The van der Waals surface area contributed by atoms with Crippen molar-refractivity contribution in [2.45, 2.75) is 4.90 Å². The van der Waals surface area contributed by atoms with Crippen LogP contribution in [0.3, 0.4) is 0 Å². The van der Waals surface area contributed by atoms with Crippen LogP contribution in [0, 0.1) is 0 Å². The van der Waals surface area contributed by atoms with Crippen LogP contribution in [-0.4, -0.2) is 21.4 Å². The van der Waals surface area contributed by atoms with Crippen molar-refractivity contribution in [1.82, 2.24) is 0 Å². The van der Waals surface area contributed by atoms with Crippen molar-refractivity contribution in [3.8, 4) is 0 Å². The summed E-state index contributed by atoms with van der Waals surface area (Å²) in [7, 11) is -2.32. The number of carbonyl (C=O) groups is 1. The van der Waals surface area contributed by atoms with Gasteiger partial charge in [-0.3, -0.25) is 9.52 Å². The molecule has 1 amide bonds. The number of benzene rings is 3. The lowest BCUT2D eigenvalue weighted by Gasteiger charge is -2.18. The van der Waals surface area contributed by atoms with Crippen molar-refractivity contribution in [1.29, 1.82) is 0 Å². The number of nitrogens with one attached hydrogen (secondary N) is 1. The van der Waals surface area contributed by atoms with Gasteiger partial charge in [0.15, 0.2) is 0 Å². The lowest BCUT2D eigenvalue weighted by molar-refractivity contribution is 0.0993. The molecular weight excluding hydrogens is 384 g/mol. The lowest BCUT2D eigenvalue weighted by Crippen LogP contribution is -2.26. The molecule has 1 N–H and O–H groups in total. The number of rotatable bonds is 5. The molecule has 0 saturated heterocycles. The summed E-state index contributed by atoms with van der Waals surface area (Å²) in [6.07, 6.45) is 0. The summed E-state index contributed by atoms with van der Waals surface area (Å²) in [6.45, 7) is 0. The van der Waals surface area contributed by atoms with Gasteiger partial charge in [-0.2, -0.15) is 0 Å². The normalized spacial score (nSPS) is 11.0. The SMILES string of the molecule is CN(C(=O)c1ccc(Cl)c(S(=O)(=O)Nc2ccccc2)c1)c1ccccc1. The van der Waals surface area contributed by atoms with Crippen LogP contribution < -0.4 is 9.62 Å². The third-order valence-electron chi connectivity index (χ3n) is 3.94. The van der Waals surface area contributed by atoms with Crippen LogP contribution in [0.15, 0.2) is 83.8 Å². The summed E-state index contributed by atoms with van der Waals surface area (Å²) >= 11 is 6.10. The second kappa shape index (κ2) is 7.82. The third kappa shape index (κ3) is 4.30. The van der Waals surface area contributed by atoms with Crippen molar-refractivity contribution in [3.05, 3.63) is 89.4 Å². The van der Waals surface area contributed by atoms with Gasteiger partial charge in [-0.25, -0.2) is 8.42 Å². The van der Waals surface area contributed by atoms with E-state index in [1.807, 2.05) is 18.2 Å². The molecule has 0 radical (unpaired) electrons. The zero-order valence-corrected chi connectivity index (χ0v) is 16.0. The van der Waals surface area contributed by atoms with Gasteiger partial charge in [0.2, 0.25) is 0 Å². The summed E-state index contributed by atoms with van der Waals surface area (Å²) in [5.74, 6) is -0.339. The number of para-hydroxylation sites is 2. The Kier molecular flexibility index (Phi) is 5.48. The monoisotopic (exact) mass is 400 g/mol. The minimum atomic E-state index is -3.94. The van der Waals surface area contributed by atoms with Crippen molar-refractivity contribution in [2.75, 3.05) is 16.7 Å².